The van der Waals surface area contributed by atoms with Crippen LogP contribution in [-0.4, -0.2) is 17.0 Å². The molecule has 0 amide bonds. The number of fused-ring (bicyclic) bond motifs is 1. The van der Waals surface area contributed by atoms with E-state index in [1.807, 2.05) is 19.2 Å². The second-order valence-corrected chi connectivity index (χ2v) is 5.43. The van der Waals surface area contributed by atoms with Crippen LogP contribution in [0.15, 0.2) is 36.4 Å². The second-order valence-electron chi connectivity index (χ2n) is 5.43. The Labute approximate surface area is 125 Å². The fourth-order valence-electron chi connectivity index (χ4n) is 2.63. The number of nitrogens with one attached hydrogen (secondary N) is 1. The number of anilines is 1. The monoisotopic (exact) mass is 277 g/mol. The Hall–Kier alpha value is -2.42. The van der Waals surface area contributed by atoms with Crippen LogP contribution in [0.4, 0.5) is 5.82 Å². The number of hydrogen-bond acceptors (Lipinski definition) is 3. The van der Waals surface area contributed by atoms with E-state index in [1.165, 1.54) is 16.7 Å². The molecule has 3 heteroatoms. The molecule has 0 unspecified atom stereocenters. The third kappa shape index (κ3) is 2.35. The van der Waals surface area contributed by atoms with Gasteiger partial charge in [0.2, 0.25) is 0 Å². The molecule has 1 aromatic heterocycles. The molecule has 0 aliphatic carbocycles. The number of benzene rings is 2. The van der Waals surface area contributed by atoms with Crippen molar-refractivity contribution < 1.29 is 0 Å². The van der Waals surface area contributed by atoms with Crippen molar-refractivity contribution in [3.05, 3.63) is 53.1 Å². The Morgan fingerprint density at radius 2 is 1.71 bits per heavy atom. The van der Waals surface area contributed by atoms with Crippen molar-refractivity contribution in [1.82, 2.24) is 9.97 Å². The highest BCUT2D eigenvalue weighted by Crippen LogP contribution is 2.28. The van der Waals surface area contributed by atoms with Gasteiger partial charge in [-0.25, -0.2) is 9.97 Å². The highest BCUT2D eigenvalue weighted by molar-refractivity contribution is 5.93. The fraction of sp³-hybridized carbons (Fsp3) is 0.222. The predicted octanol–water partition coefficient (Wildman–Crippen LogP) is 4.26. The summed E-state index contributed by atoms with van der Waals surface area (Å²) in [5, 5.41) is 4.30. The molecule has 3 aromatic rings. The molecule has 0 aliphatic rings. The first-order chi connectivity index (χ1) is 10.1. The third-order valence-electron chi connectivity index (χ3n) is 3.80. The molecule has 1 N–H and O–H groups in total. The van der Waals surface area contributed by atoms with E-state index < -0.39 is 0 Å². The standard InChI is InChI=1S/C18H19N3/c1-11-8-9-12(2)14(10-11)17-20-15-7-5-6-13(3)16(15)18(19-4)21-17/h5-10H,1-4H3,(H,19,20,21). The van der Waals surface area contributed by atoms with Crippen molar-refractivity contribution in [2.75, 3.05) is 12.4 Å². The van der Waals surface area contributed by atoms with Gasteiger partial charge in [-0.05, 0) is 44.0 Å². The van der Waals surface area contributed by atoms with Crippen molar-refractivity contribution in [1.29, 1.82) is 0 Å². The smallest absolute Gasteiger partial charge is 0.162 e. The van der Waals surface area contributed by atoms with Crippen LogP contribution in [0.25, 0.3) is 22.3 Å². The Morgan fingerprint density at radius 3 is 2.48 bits per heavy atom. The zero-order valence-corrected chi connectivity index (χ0v) is 12.9. The van der Waals surface area contributed by atoms with Crippen molar-refractivity contribution in [2.45, 2.75) is 20.8 Å². The second kappa shape index (κ2) is 5.17. The third-order valence-corrected chi connectivity index (χ3v) is 3.80. The van der Waals surface area contributed by atoms with E-state index in [-0.39, 0.29) is 0 Å². The lowest BCUT2D eigenvalue weighted by Crippen LogP contribution is -2.01. The average Bonchev–Trinajstić information content (AvgIpc) is 2.48. The van der Waals surface area contributed by atoms with Gasteiger partial charge in [0, 0.05) is 18.0 Å². The van der Waals surface area contributed by atoms with Crippen molar-refractivity contribution in [3.63, 3.8) is 0 Å². The van der Waals surface area contributed by atoms with E-state index in [0.29, 0.717) is 0 Å². The van der Waals surface area contributed by atoms with Gasteiger partial charge in [0.05, 0.1) is 5.52 Å². The van der Waals surface area contributed by atoms with Crippen LogP contribution < -0.4 is 5.32 Å². The molecule has 0 fully saturated rings. The predicted molar refractivity (Wildman–Crippen MR) is 88.7 cm³/mol. The molecule has 2 aromatic carbocycles. The van der Waals surface area contributed by atoms with Gasteiger partial charge >= 0.3 is 0 Å². The minimum atomic E-state index is 0.777. The Morgan fingerprint density at radius 1 is 0.905 bits per heavy atom. The molecule has 106 valence electrons. The van der Waals surface area contributed by atoms with Crippen LogP contribution in [0.2, 0.25) is 0 Å². The Kier molecular flexibility index (Phi) is 3.34. The molecular weight excluding hydrogens is 258 g/mol. The zero-order chi connectivity index (χ0) is 15.0. The van der Waals surface area contributed by atoms with Crippen molar-refractivity contribution in [2.24, 2.45) is 0 Å². The van der Waals surface area contributed by atoms with Crippen LogP contribution >= 0.6 is 0 Å². The largest absolute Gasteiger partial charge is 0.373 e. The van der Waals surface area contributed by atoms with Gasteiger partial charge < -0.3 is 5.32 Å². The molecule has 21 heavy (non-hydrogen) atoms. The molecule has 3 rings (SSSR count). The number of rotatable bonds is 2. The van der Waals surface area contributed by atoms with Crippen LogP contribution in [0.3, 0.4) is 0 Å². The van der Waals surface area contributed by atoms with Gasteiger partial charge in [0.25, 0.3) is 0 Å². The van der Waals surface area contributed by atoms with E-state index in [9.17, 15) is 0 Å². The molecule has 0 bridgehead atoms. The molecule has 0 saturated heterocycles. The summed E-state index contributed by atoms with van der Waals surface area (Å²) in [5.41, 5.74) is 5.66. The van der Waals surface area contributed by atoms with Gasteiger partial charge in [-0.2, -0.15) is 0 Å². The summed E-state index contributed by atoms with van der Waals surface area (Å²) in [6, 6.07) is 12.5. The first-order valence-electron chi connectivity index (χ1n) is 7.13. The molecule has 1 heterocycles. The number of aromatic nitrogens is 2. The minimum absolute atomic E-state index is 0.777. The van der Waals surface area contributed by atoms with Crippen LogP contribution in [-0.2, 0) is 0 Å². The number of hydrogen-bond donors (Lipinski definition) is 1. The summed E-state index contributed by atoms with van der Waals surface area (Å²) >= 11 is 0. The first-order valence-corrected chi connectivity index (χ1v) is 7.13. The maximum Gasteiger partial charge on any atom is 0.162 e. The van der Waals surface area contributed by atoms with E-state index in [1.54, 1.807) is 0 Å². The van der Waals surface area contributed by atoms with Gasteiger partial charge in [-0.3, -0.25) is 0 Å². The summed E-state index contributed by atoms with van der Waals surface area (Å²) in [6.45, 7) is 6.27. The maximum atomic E-state index is 4.77. The van der Waals surface area contributed by atoms with Gasteiger partial charge in [0.15, 0.2) is 5.82 Å². The molecule has 0 aliphatic heterocycles. The number of nitrogens with zero attached hydrogens (tertiary/aromatic N) is 2. The lowest BCUT2D eigenvalue weighted by Gasteiger charge is -2.12. The molecule has 0 atom stereocenters. The summed E-state index contributed by atoms with van der Waals surface area (Å²) in [5.74, 6) is 1.66. The summed E-state index contributed by atoms with van der Waals surface area (Å²) in [6.07, 6.45) is 0. The zero-order valence-electron chi connectivity index (χ0n) is 12.9. The van der Waals surface area contributed by atoms with Crippen LogP contribution in [0, 0.1) is 20.8 Å². The van der Waals surface area contributed by atoms with E-state index in [0.717, 1.165) is 28.1 Å². The number of aryl methyl sites for hydroxylation is 3. The highest BCUT2D eigenvalue weighted by Gasteiger charge is 2.12. The van der Waals surface area contributed by atoms with E-state index in [4.69, 9.17) is 9.97 Å². The van der Waals surface area contributed by atoms with Crippen LogP contribution in [0.5, 0.6) is 0 Å². The Bertz CT molecular complexity index is 822. The lowest BCUT2D eigenvalue weighted by atomic mass is 10.0. The van der Waals surface area contributed by atoms with E-state index in [2.05, 4.69) is 50.4 Å². The minimum Gasteiger partial charge on any atom is -0.373 e. The van der Waals surface area contributed by atoms with E-state index >= 15 is 0 Å². The molecule has 3 nitrogen and oxygen atoms in total. The van der Waals surface area contributed by atoms with Crippen molar-refractivity contribution >= 4 is 16.7 Å². The quantitative estimate of drug-likeness (QED) is 0.760. The SMILES string of the molecule is CNc1nc(-c2cc(C)ccc2C)nc2cccc(C)c12. The Balaban J connectivity index is 2.32. The lowest BCUT2D eigenvalue weighted by molar-refractivity contribution is 1.19. The topological polar surface area (TPSA) is 37.8 Å². The molecule has 0 saturated carbocycles. The van der Waals surface area contributed by atoms with Gasteiger partial charge in [0.1, 0.15) is 5.82 Å². The van der Waals surface area contributed by atoms with Crippen LogP contribution in [0.1, 0.15) is 16.7 Å². The van der Waals surface area contributed by atoms with Crippen molar-refractivity contribution in [3.8, 4) is 11.4 Å². The summed E-state index contributed by atoms with van der Waals surface area (Å²) < 4.78 is 0. The normalized spacial score (nSPS) is 10.9. The molecular formula is C18H19N3. The van der Waals surface area contributed by atoms with Gasteiger partial charge in [-0.15, -0.1) is 0 Å². The fourth-order valence-corrected chi connectivity index (χ4v) is 2.63. The highest BCUT2D eigenvalue weighted by atomic mass is 15.0. The average molecular weight is 277 g/mol. The summed E-state index contributed by atoms with van der Waals surface area (Å²) in [7, 11) is 1.90. The molecule has 0 spiro atoms. The molecule has 0 radical (unpaired) electrons. The first kappa shape index (κ1) is 13.6. The van der Waals surface area contributed by atoms with Gasteiger partial charge in [-0.1, -0.05) is 29.8 Å². The summed E-state index contributed by atoms with van der Waals surface area (Å²) in [4.78, 5) is 9.50. The maximum absolute atomic E-state index is 4.77.